The van der Waals surface area contributed by atoms with Crippen molar-refractivity contribution in [1.82, 2.24) is 0 Å². The molecule has 194 valence electrons. The van der Waals surface area contributed by atoms with Crippen LogP contribution in [0.15, 0.2) is 54.6 Å². The van der Waals surface area contributed by atoms with Crippen LogP contribution in [-0.2, 0) is 19.1 Å². The standard InChI is InChI=1S/C27H31FO8/c1-18-16-22(33-14-6-7-15-34-24(29)19(2)17-32-5)12-13-23(18)36-25(30)20-8-10-21(11-9-20)35-26(31)27(3,4)28/h8-13,16H,2,6-7,14-15,17H2,1,3-5H3. The Morgan fingerprint density at radius 1 is 0.944 bits per heavy atom. The molecule has 0 bridgehead atoms. The van der Waals surface area contributed by atoms with Crippen molar-refractivity contribution in [3.63, 3.8) is 0 Å². The van der Waals surface area contributed by atoms with Gasteiger partial charge in [0.15, 0.2) is 0 Å². The maximum Gasteiger partial charge on any atom is 0.348 e. The molecule has 0 saturated carbocycles. The first kappa shape index (κ1) is 28.5. The highest BCUT2D eigenvalue weighted by Crippen LogP contribution is 2.25. The zero-order valence-electron chi connectivity index (χ0n) is 20.9. The number of hydrogen-bond acceptors (Lipinski definition) is 8. The second kappa shape index (κ2) is 13.4. The van der Waals surface area contributed by atoms with E-state index in [0.29, 0.717) is 36.5 Å². The van der Waals surface area contributed by atoms with Crippen molar-refractivity contribution in [2.75, 3.05) is 26.9 Å². The number of methoxy groups -OCH3 is 1. The largest absolute Gasteiger partial charge is 0.494 e. The molecule has 0 N–H and O–H groups in total. The normalized spacial score (nSPS) is 10.9. The molecule has 0 aliphatic carbocycles. The monoisotopic (exact) mass is 502 g/mol. The Labute approximate surface area is 209 Å². The number of benzene rings is 2. The van der Waals surface area contributed by atoms with Crippen molar-refractivity contribution >= 4 is 17.9 Å². The fraction of sp³-hybridized carbons (Fsp3) is 0.370. The Bertz CT molecular complexity index is 1070. The van der Waals surface area contributed by atoms with Crippen molar-refractivity contribution in [3.05, 3.63) is 65.7 Å². The second-order valence-corrected chi connectivity index (χ2v) is 8.43. The van der Waals surface area contributed by atoms with Gasteiger partial charge in [0, 0.05) is 7.11 Å². The quantitative estimate of drug-likeness (QED) is 0.167. The Hall–Kier alpha value is -3.72. The number of rotatable bonds is 13. The Balaban J connectivity index is 1.79. The van der Waals surface area contributed by atoms with E-state index in [-0.39, 0.29) is 30.1 Å². The van der Waals surface area contributed by atoms with Crippen LogP contribution in [0.2, 0.25) is 0 Å². The molecule has 0 fully saturated rings. The minimum atomic E-state index is -2.13. The second-order valence-electron chi connectivity index (χ2n) is 8.43. The predicted molar refractivity (Wildman–Crippen MR) is 130 cm³/mol. The Morgan fingerprint density at radius 3 is 2.19 bits per heavy atom. The minimum absolute atomic E-state index is 0.120. The van der Waals surface area contributed by atoms with Gasteiger partial charge in [0.25, 0.3) is 0 Å². The maximum atomic E-state index is 13.6. The molecular weight excluding hydrogens is 471 g/mol. The summed E-state index contributed by atoms with van der Waals surface area (Å²) in [6.07, 6.45) is 1.30. The summed E-state index contributed by atoms with van der Waals surface area (Å²) in [4.78, 5) is 35.7. The Kier molecular flexibility index (Phi) is 10.6. The number of halogens is 1. The molecule has 0 unspecified atom stereocenters. The topological polar surface area (TPSA) is 97.4 Å². The van der Waals surface area contributed by atoms with Crippen LogP contribution in [0.4, 0.5) is 4.39 Å². The van der Waals surface area contributed by atoms with Gasteiger partial charge in [-0.1, -0.05) is 6.58 Å². The zero-order chi connectivity index (χ0) is 26.7. The highest BCUT2D eigenvalue weighted by molar-refractivity contribution is 5.91. The smallest absolute Gasteiger partial charge is 0.348 e. The summed E-state index contributed by atoms with van der Waals surface area (Å²) in [6.45, 7) is 8.38. The molecule has 0 aliphatic rings. The fourth-order valence-electron chi connectivity index (χ4n) is 2.77. The number of ether oxygens (including phenoxy) is 5. The maximum absolute atomic E-state index is 13.6. The van der Waals surface area contributed by atoms with E-state index in [4.69, 9.17) is 23.7 Å². The summed E-state index contributed by atoms with van der Waals surface area (Å²) in [5.41, 5.74) is -0.923. The highest BCUT2D eigenvalue weighted by atomic mass is 19.1. The molecule has 0 aromatic heterocycles. The molecule has 0 saturated heterocycles. The first-order valence-electron chi connectivity index (χ1n) is 11.3. The average molecular weight is 503 g/mol. The Morgan fingerprint density at radius 2 is 1.58 bits per heavy atom. The third-order valence-electron chi connectivity index (χ3n) is 4.78. The molecule has 0 aliphatic heterocycles. The molecule has 2 rings (SSSR count). The number of alkyl halides is 1. The van der Waals surface area contributed by atoms with Gasteiger partial charge in [0.1, 0.15) is 17.2 Å². The van der Waals surface area contributed by atoms with E-state index < -0.39 is 23.6 Å². The van der Waals surface area contributed by atoms with E-state index in [0.717, 1.165) is 13.8 Å². The van der Waals surface area contributed by atoms with Crippen LogP contribution < -0.4 is 14.2 Å². The van der Waals surface area contributed by atoms with Crippen molar-refractivity contribution in [3.8, 4) is 17.2 Å². The zero-order valence-corrected chi connectivity index (χ0v) is 20.9. The lowest BCUT2D eigenvalue weighted by molar-refractivity contribution is -0.145. The van der Waals surface area contributed by atoms with Crippen LogP contribution in [0.25, 0.3) is 0 Å². The molecule has 2 aromatic rings. The summed E-state index contributed by atoms with van der Waals surface area (Å²) in [5.74, 6) is -1.00. The number of aryl methyl sites for hydroxylation is 1. The van der Waals surface area contributed by atoms with Crippen LogP contribution >= 0.6 is 0 Å². The number of carbonyl (C=O) groups excluding carboxylic acids is 3. The molecule has 8 nitrogen and oxygen atoms in total. The number of unbranched alkanes of at least 4 members (excludes halogenated alkanes) is 1. The van der Waals surface area contributed by atoms with Crippen LogP contribution in [0.5, 0.6) is 17.2 Å². The van der Waals surface area contributed by atoms with Crippen LogP contribution in [-0.4, -0.2) is 50.5 Å². The lowest BCUT2D eigenvalue weighted by atomic mass is 10.2. The van der Waals surface area contributed by atoms with E-state index in [1.54, 1.807) is 25.1 Å². The van der Waals surface area contributed by atoms with E-state index in [1.807, 2.05) is 0 Å². The van der Waals surface area contributed by atoms with E-state index in [9.17, 15) is 18.8 Å². The molecule has 0 heterocycles. The van der Waals surface area contributed by atoms with Crippen LogP contribution in [0.3, 0.4) is 0 Å². The summed E-state index contributed by atoms with van der Waals surface area (Å²) in [5, 5.41) is 0. The van der Waals surface area contributed by atoms with Crippen molar-refractivity contribution < 1.29 is 42.5 Å². The van der Waals surface area contributed by atoms with Gasteiger partial charge in [-0.15, -0.1) is 0 Å². The van der Waals surface area contributed by atoms with Gasteiger partial charge in [0.2, 0.25) is 5.67 Å². The lowest BCUT2D eigenvalue weighted by Gasteiger charge is -2.13. The van der Waals surface area contributed by atoms with Crippen molar-refractivity contribution in [2.24, 2.45) is 0 Å². The molecule has 0 spiro atoms. The van der Waals surface area contributed by atoms with Gasteiger partial charge in [0.05, 0.1) is 31.0 Å². The molecule has 2 aromatic carbocycles. The lowest BCUT2D eigenvalue weighted by Crippen LogP contribution is -2.30. The molecule has 0 radical (unpaired) electrons. The first-order chi connectivity index (χ1) is 17.0. The number of esters is 3. The summed E-state index contributed by atoms with van der Waals surface area (Å²) in [7, 11) is 1.48. The number of hydrogen-bond donors (Lipinski definition) is 0. The SMILES string of the molecule is C=C(COC)C(=O)OCCCCOc1ccc(OC(=O)c2ccc(OC(=O)C(C)(C)F)cc2)c(C)c1. The van der Waals surface area contributed by atoms with Gasteiger partial charge in [-0.05, 0) is 81.6 Å². The van der Waals surface area contributed by atoms with E-state index in [2.05, 4.69) is 6.58 Å². The van der Waals surface area contributed by atoms with Gasteiger partial charge in [-0.2, -0.15) is 0 Å². The molecule has 0 atom stereocenters. The van der Waals surface area contributed by atoms with Gasteiger partial charge >= 0.3 is 17.9 Å². The number of carbonyl (C=O) groups is 3. The van der Waals surface area contributed by atoms with E-state index in [1.165, 1.54) is 31.4 Å². The summed E-state index contributed by atoms with van der Waals surface area (Å²) in [6, 6.07) is 10.7. The van der Waals surface area contributed by atoms with Gasteiger partial charge in [-0.25, -0.2) is 18.8 Å². The molecule has 0 amide bonds. The van der Waals surface area contributed by atoms with Crippen molar-refractivity contribution in [2.45, 2.75) is 39.3 Å². The van der Waals surface area contributed by atoms with Gasteiger partial charge < -0.3 is 23.7 Å². The predicted octanol–water partition coefficient (Wildman–Crippen LogP) is 4.77. The third kappa shape index (κ3) is 9.14. The fourth-order valence-corrected chi connectivity index (χ4v) is 2.77. The van der Waals surface area contributed by atoms with Gasteiger partial charge in [-0.3, -0.25) is 0 Å². The highest BCUT2D eigenvalue weighted by Gasteiger charge is 2.29. The summed E-state index contributed by atoms with van der Waals surface area (Å²) < 4.78 is 39.6. The molecule has 9 heteroatoms. The molecular formula is C27H31FO8. The van der Waals surface area contributed by atoms with E-state index >= 15 is 0 Å². The molecule has 36 heavy (non-hydrogen) atoms. The minimum Gasteiger partial charge on any atom is -0.494 e. The first-order valence-corrected chi connectivity index (χ1v) is 11.3. The van der Waals surface area contributed by atoms with Crippen molar-refractivity contribution in [1.29, 1.82) is 0 Å². The van der Waals surface area contributed by atoms with Crippen LogP contribution in [0.1, 0.15) is 42.6 Å². The average Bonchev–Trinajstić information content (AvgIpc) is 2.82. The third-order valence-corrected chi connectivity index (χ3v) is 4.78. The summed E-state index contributed by atoms with van der Waals surface area (Å²) >= 11 is 0. The van der Waals surface area contributed by atoms with Crippen LogP contribution in [0, 0.1) is 6.92 Å².